The number of hydrogen-bond donors (Lipinski definition) is 2. The fraction of sp³-hybridized carbons (Fsp3) is 0.562. The Morgan fingerprint density at radius 1 is 1.41 bits per heavy atom. The van der Waals surface area contributed by atoms with Crippen molar-refractivity contribution < 1.29 is 14.3 Å². The highest BCUT2D eigenvalue weighted by Gasteiger charge is 2.28. The van der Waals surface area contributed by atoms with E-state index in [1.807, 2.05) is 24.3 Å². The number of ether oxygens (including phenoxy) is 2. The van der Waals surface area contributed by atoms with Gasteiger partial charge in [-0.25, -0.2) is 0 Å². The van der Waals surface area contributed by atoms with Crippen molar-refractivity contribution >= 4 is 11.6 Å². The van der Waals surface area contributed by atoms with E-state index in [1.165, 1.54) is 0 Å². The molecule has 1 heterocycles. The van der Waals surface area contributed by atoms with E-state index >= 15 is 0 Å². The fourth-order valence-corrected chi connectivity index (χ4v) is 2.85. The number of piperidine rings is 1. The average molecular weight is 307 g/mol. The number of hydrogen-bond acceptors (Lipinski definition) is 5. The number of amides is 1. The Hall–Kier alpha value is -1.63. The number of benzene rings is 1. The van der Waals surface area contributed by atoms with Crippen LogP contribution in [0.1, 0.15) is 12.8 Å². The van der Waals surface area contributed by atoms with Crippen LogP contribution in [0.4, 0.5) is 5.69 Å². The monoisotopic (exact) mass is 307 g/mol. The van der Waals surface area contributed by atoms with Gasteiger partial charge in [0.2, 0.25) is 5.91 Å². The minimum Gasteiger partial charge on any atom is -0.495 e. The molecule has 0 radical (unpaired) electrons. The largest absolute Gasteiger partial charge is 0.495 e. The van der Waals surface area contributed by atoms with Gasteiger partial charge in [0.15, 0.2) is 0 Å². The van der Waals surface area contributed by atoms with Crippen LogP contribution in [-0.2, 0) is 9.53 Å². The predicted octanol–water partition coefficient (Wildman–Crippen LogP) is 1.07. The maximum atomic E-state index is 12.3. The summed E-state index contributed by atoms with van der Waals surface area (Å²) in [6, 6.07) is 7.57. The molecule has 2 rings (SSSR count). The Morgan fingerprint density at radius 3 is 2.86 bits per heavy atom. The molecular formula is C16H25N3O3. The van der Waals surface area contributed by atoms with E-state index in [2.05, 4.69) is 10.2 Å². The normalized spacial score (nSPS) is 22.3. The molecule has 1 amide bonds. The molecule has 0 bridgehead atoms. The van der Waals surface area contributed by atoms with Crippen LogP contribution in [0.3, 0.4) is 0 Å². The van der Waals surface area contributed by atoms with Crippen LogP contribution in [0.25, 0.3) is 0 Å². The van der Waals surface area contributed by atoms with Crippen molar-refractivity contribution in [2.24, 2.45) is 5.73 Å². The number of anilines is 1. The first kappa shape index (κ1) is 16.7. The van der Waals surface area contributed by atoms with Gasteiger partial charge in [-0.1, -0.05) is 12.1 Å². The molecule has 2 unspecified atom stereocenters. The van der Waals surface area contributed by atoms with Gasteiger partial charge in [-0.2, -0.15) is 0 Å². The summed E-state index contributed by atoms with van der Waals surface area (Å²) in [6.45, 7) is 1.68. The molecule has 2 atom stereocenters. The highest BCUT2D eigenvalue weighted by molar-refractivity contribution is 5.93. The van der Waals surface area contributed by atoms with Gasteiger partial charge in [0.1, 0.15) is 5.75 Å². The molecule has 1 aromatic rings. The summed E-state index contributed by atoms with van der Waals surface area (Å²) in [4.78, 5) is 14.4. The van der Waals surface area contributed by atoms with Gasteiger partial charge in [-0.15, -0.1) is 0 Å². The number of nitrogens with zero attached hydrogens (tertiary/aromatic N) is 1. The molecule has 1 aromatic carbocycles. The molecule has 1 fully saturated rings. The van der Waals surface area contributed by atoms with Crippen LogP contribution in [0.15, 0.2) is 24.3 Å². The van der Waals surface area contributed by atoms with Crippen molar-refractivity contribution in [2.45, 2.75) is 25.0 Å². The minimum atomic E-state index is -0.0567. The van der Waals surface area contributed by atoms with Crippen molar-refractivity contribution in [3.05, 3.63) is 24.3 Å². The van der Waals surface area contributed by atoms with Crippen molar-refractivity contribution in [2.75, 3.05) is 39.2 Å². The molecule has 1 aliphatic rings. The van der Waals surface area contributed by atoms with Crippen molar-refractivity contribution in [3.63, 3.8) is 0 Å². The Labute approximate surface area is 131 Å². The molecule has 1 aliphatic heterocycles. The molecule has 0 spiro atoms. The highest BCUT2D eigenvalue weighted by Crippen LogP contribution is 2.23. The van der Waals surface area contributed by atoms with Crippen LogP contribution in [0, 0.1) is 0 Å². The molecule has 122 valence electrons. The number of carbonyl (C=O) groups excluding carboxylic acids is 1. The van der Waals surface area contributed by atoms with Crippen LogP contribution < -0.4 is 15.8 Å². The first-order valence-electron chi connectivity index (χ1n) is 7.57. The van der Waals surface area contributed by atoms with Gasteiger partial charge >= 0.3 is 0 Å². The second-order valence-corrected chi connectivity index (χ2v) is 5.49. The number of methoxy groups -OCH3 is 2. The molecule has 6 nitrogen and oxygen atoms in total. The quantitative estimate of drug-likeness (QED) is 0.822. The molecule has 0 saturated carbocycles. The summed E-state index contributed by atoms with van der Waals surface area (Å²) >= 11 is 0. The molecule has 1 saturated heterocycles. The molecule has 3 N–H and O–H groups in total. The molecule has 0 aromatic heterocycles. The number of nitrogens with one attached hydrogen (secondary N) is 1. The first-order chi connectivity index (χ1) is 10.7. The van der Waals surface area contributed by atoms with Crippen molar-refractivity contribution in [3.8, 4) is 5.75 Å². The number of likely N-dealkylation sites (tertiary alicyclic amines) is 1. The SMILES string of the molecule is COc1ccccc1NC(=O)CN1CCC(OC)CC1CN. The zero-order chi connectivity index (χ0) is 15.9. The number of nitrogens with two attached hydrogens (primary N) is 1. The number of carbonyl (C=O) groups is 1. The maximum absolute atomic E-state index is 12.3. The zero-order valence-electron chi connectivity index (χ0n) is 13.2. The van der Waals surface area contributed by atoms with Gasteiger partial charge in [0.25, 0.3) is 0 Å². The lowest BCUT2D eigenvalue weighted by molar-refractivity contribution is -0.118. The molecule has 0 aliphatic carbocycles. The van der Waals surface area contributed by atoms with Gasteiger partial charge in [0, 0.05) is 26.2 Å². The lowest BCUT2D eigenvalue weighted by Crippen LogP contribution is -2.50. The summed E-state index contributed by atoms with van der Waals surface area (Å²) in [5.41, 5.74) is 6.52. The Kier molecular flexibility index (Phi) is 6.18. The van der Waals surface area contributed by atoms with Gasteiger partial charge < -0.3 is 20.5 Å². The van der Waals surface area contributed by atoms with Crippen LogP contribution in [-0.4, -0.2) is 56.8 Å². The van der Waals surface area contributed by atoms with E-state index in [-0.39, 0.29) is 18.1 Å². The van der Waals surface area contributed by atoms with Crippen LogP contribution in [0.2, 0.25) is 0 Å². The zero-order valence-corrected chi connectivity index (χ0v) is 13.2. The van der Waals surface area contributed by atoms with E-state index in [4.69, 9.17) is 15.2 Å². The standard InChI is InChI=1S/C16H25N3O3/c1-21-13-7-8-19(12(9-13)10-17)11-16(20)18-14-5-3-4-6-15(14)22-2/h3-6,12-13H,7-11,17H2,1-2H3,(H,18,20). The van der Waals surface area contributed by atoms with E-state index in [9.17, 15) is 4.79 Å². The second-order valence-electron chi connectivity index (χ2n) is 5.49. The van der Waals surface area contributed by atoms with E-state index in [0.717, 1.165) is 19.4 Å². The highest BCUT2D eigenvalue weighted by atomic mass is 16.5. The molecule has 22 heavy (non-hydrogen) atoms. The maximum Gasteiger partial charge on any atom is 0.238 e. The van der Waals surface area contributed by atoms with E-state index in [0.29, 0.717) is 24.5 Å². The van der Waals surface area contributed by atoms with Gasteiger partial charge in [0.05, 0.1) is 25.4 Å². The summed E-state index contributed by atoms with van der Waals surface area (Å²) < 4.78 is 10.6. The smallest absolute Gasteiger partial charge is 0.238 e. The average Bonchev–Trinajstić information content (AvgIpc) is 2.55. The first-order valence-corrected chi connectivity index (χ1v) is 7.57. The lowest BCUT2D eigenvalue weighted by Gasteiger charge is -2.37. The summed E-state index contributed by atoms with van der Waals surface area (Å²) in [5.74, 6) is 0.600. The third-order valence-electron chi connectivity index (χ3n) is 4.12. The van der Waals surface area contributed by atoms with Gasteiger partial charge in [-0.3, -0.25) is 9.69 Å². The Morgan fingerprint density at radius 2 is 2.18 bits per heavy atom. The minimum absolute atomic E-state index is 0.0567. The van der Waals surface area contributed by atoms with Crippen molar-refractivity contribution in [1.82, 2.24) is 4.90 Å². The van der Waals surface area contributed by atoms with Crippen molar-refractivity contribution in [1.29, 1.82) is 0 Å². The Balaban J connectivity index is 1.93. The third-order valence-corrected chi connectivity index (χ3v) is 4.12. The van der Waals surface area contributed by atoms with Crippen LogP contribution in [0.5, 0.6) is 5.75 Å². The third kappa shape index (κ3) is 4.19. The fourth-order valence-electron chi connectivity index (χ4n) is 2.85. The number of rotatable bonds is 6. The number of para-hydroxylation sites is 2. The summed E-state index contributed by atoms with van der Waals surface area (Å²) in [6.07, 6.45) is 2.03. The predicted molar refractivity (Wildman–Crippen MR) is 86.1 cm³/mol. The lowest BCUT2D eigenvalue weighted by atomic mass is 9.99. The summed E-state index contributed by atoms with van der Waals surface area (Å²) in [5, 5.41) is 2.90. The molecule has 6 heteroatoms. The summed E-state index contributed by atoms with van der Waals surface area (Å²) in [7, 11) is 3.31. The topological polar surface area (TPSA) is 76.8 Å². The Bertz CT molecular complexity index is 495. The molecular weight excluding hydrogens is 282 g/mol. The second kappa shape index (κ2) is 8.12. The van der Waals surface area contributed by atoms with Crippen LogP contribution >= 0.6 is 0 Å². The van der Waals surface area contributed by atoms with E-state index < -0.39 is 0 Å². The van der Waals surface area contributed by atoms with E-state index in [1.54, 1.807) is 14.2 Å². The van der Waals surface area contributed by atoms with Gasteiger partial charge in [-0.05, 0) is 25.0 Å².